The van der Waals surface area contributed by atoms with Crippen LogP contribution < -0.4 is 5.73 Å². The summed E-state index contributed by atoms with van der Waals surface area (Å²) < 4.78 is 2.13. The molecule has 0 fully saturated rings. The van der Waals surface area contributed by atoms with Gasteiger partial charge in [0.05, 0.1) is 11.9 Å². The smallest absolute Gasteiger partial charge is 0.146 e. The molecule has 5 heteroatoms. The van der Waals surface area contributed by atoms with E-state index in [0.717, 1.165) is 32.9 Å². The molecule has 0 amide bonds. The van der Waals surface area contributed by atoms with E-state index < -0.39 is 0 Å². The number of fused-ring (bicyclic) bond motifs is 1. The molecule has 0 unspecified atom stereocenters. The van der Waals surface area contributed by atoms with Crippen LogP contribution in [-0.2, 0) is 6.54 Å². The standard InChI is InChI=1S/C15H15ClN4/c1-9-10(2)20(7-11-5-3-4-6-12(11)16)15-13(9)14(17)18-8-19-15/h3-6,8H,7H2,1-2H3,(H2,17,18,19). The Hall–Kier alpha value is -2.07. The van der Waals surface area contributed by atoms with Crippen molar-refractivity contribution in [2.45, 2.75) is 20.4 Å². The maximum Gasteiger partial charge on any atom is 0.146 e. The molecule has 0 saturated heterocycles. The Morgan fingerprint density at radius 2 is 1.95 bits per heavy atom. The Labute approximate surface area is 122 Å². The minimum atomic E-state index is 0.522. The highest BCUT2D eigenvalue weighted by molar-refractivity contribution is 6.31. The first kappa shape index (κ1) is 12.9. The third-order valence-corrected chi connectivity index (χ3v) is 4.09. The van der Waals surface area contributed by atoms with E-state index in [-0.39, 0.29) is 0 Å². The maximum atomic E-state index is 6.24. The van der Waals surface area contributed by atoms with E-state index in [9.17, 15) is 0 Å². The first-order valence-electron chi connectivity index (χ1n) is 6.39. The molecular formula is C15H15ClN4. The molecule has 3 rings (SSSR count). The Bertz CT molecular complexity index is 792. The predicted molar refractivity (Wildman–Crippen MR) is 82.0 cm³/mol. The average molecular weight is 287 g/mol. The van der Waals surface area contributed by atoms with E-state index in [4.69, 9.17) is 17.3 Å². The van der Waals surface area contributed by atoms with Gasteiger partial charge in [-0.1, -0.05) is 29.8 Å². The zero-order valence-electron chi connectivity index (χ0n) is 11.4. The number of nitrogen functional groups attached to an aromatic ring is 1. The van der Waals surface area contributed by atoms with Crippen molar-refractivity contribution in [3.8, 4) is 0 Å². The molecule has 20 heavy (non-hydrogen) atoms. The number of aryl methyl sites for hydroxylation is 1. The minimum Gasteiger partial charge on any atom is -0.383 e. The van der Waals surface area contributed by atoms with Crippen LogP contribution in [0.4, 0.5) is 5.82 Å². The number of hydrogen-bond donors (Lipinski definition) is 1. The van der Waals surface area contributed by atoms with Crippen LogP contribution in [0.3, 0.4) is 0 Å². The Kier molecular flexibility index (Phi) is 3.10. The topological polar surface area (TPSA) is 56.7 Å². The number of halogens is 1. The van der Waals surface area contributed by atoms with Gasteiger partial charge in [-0.15, -0.1) is 0 Å². The zero-order valence-corrected chi connectivity index (χ0v) is 12.1. The van der Waals surface area contributed by atoms with Gasteiger partial charge in [0.25, 0.3) is 0 Å². The summed E-state index contributed by atoms with van der Waals surface area (Å²) in [7, 11) is 0. The van der Waals surface area contributed by atoms with E-state index in [1.807, 2.05) is 31.2 Å². The van der Waals surface area contributed by atoms with E-state index in [1.165, 1.54) is 6.33 Å². The van der Waals surface area contributed by atoms with Gasteiger partial charge >= 0.3 is 0 Å². The fourth-order valence-corrected chi connectivity index (χ4v) is 2.68. The summed E-state index contributed by atoms with van der Waals surface area (Å²) in [5, 5.41) is 1.69. The van der Waals surface area contributed by atoms with Crippen LogP contribution >= 0.6 is 11.6 Å². The monoisotopic (exact) mass is 286 g/mol. The summed E-state index contributed by atoms with van der Waals surface area (Å²) in [6, 6.07) is 7.83. The number of anilines is 1. The van der Waals surface area contributed by atoms with Crippen molar-refractivity contribution in [3.05, 3.63) is 52.4 Å². The third kappa shape index (κ3) is 1.93. The lowest BCUT2D eigenvalue weighted by Gasteiger charge is -2.09. The summed E-state index contributed by atoms with van der Waals surface area (Å²) in [6.45, 7) is 4.78. The molecule has 2 aromatic heterocycles. The fourth-order valence-electron chi connectivity index (χ4n) is 2.49. The van der Waals surface area contributed by atoms with Gasteiger partial charge in [-0.05, 0) is 31.0 Å². The number of aromatic nitrogens is 3. The van der Waals surface area contributed by atoms with Crippen LogP contribution in [0.1, 0.15) is 16.8 Å². The lowest BCUT2D eigenvalue weighted by Crippen LogP contribution is -2.04. The van der Waals surface area contributed by atoms with Crippen LogP contribution in [0.2, 0.25) is 5.02 Å². The molecule has 0 aliphatic carbocycles. The fraction of sp³-hybridized carbons (Fsp3) is 0.200. The SMILES string of the molecule is Cc1c(C)n(Cc2ccccc2Cl)c2ncnc(N)c12. The maximum absolute atomic E-state index is 6.24. The molecule has 3 aromatic rings. The number of nitrogens with zero attached hydrogens (tertiary/aromatic N) is 3. The molecule has 0 saturated carbocycles. The van der Waals surface area contributed by atoms with Gasteiger partial charge in [0.1, 0.15) is 17.8 Å². The molecule has 0 aliphatic heterocycles. The minimum absolute atomic E-state index is 0.522. The van der Waals surface area contributed by atoms with E-state index in [0.29, 0.717) is 12.4 Å². The predicted octanol–water partition coefficient (Wildman–Crippen LogP) is 3.33. The highest BCUT2D eigenvalue weighted by Gasteiger charge is 2.15. The Morgan fingerprint density at radius 3 is 2.70 bits per heavy atom. The van der Waals surface area contributed by atoms with Crippen molar-refractivity contribution in [1.82, 2.24) is 14.5 Å². The van der Waals surface area contributed by atoms with Crippen LogP contribution in [-0.4, -0.2) is 14.5 Å². The first-order chi connectivity index (χ1) is 9.59. The van der Waals surface area contributed by atoms with Crippen LogP contribution in [0.5, 0.6) is 0 Å². The lowest BCUT2D eigenvalue weighted by atomic mass is 10.2. The number of hydrogen-bond acceptors (Lipinski definition) is 3. The summed E-state index contributed by atoms with van der Waals surface area (Å²) in [6.07, 6.45) is 1.50. The number of nitrogens with two attached hydrogens (primary N) is 1. The molecule has 0 radical (unpaired) electrons. The molecule has 102 valence electrons. The van der Waals surface area contributed by atoms with Gasteiger partial charge in [0.2, 0.25) is 0 Å². The van der Waals surface area contributed by atoms with Crippen molar-refractivity contribution in [1.29, 1.82) is 0 Å². The molecular weight excluding hydrogens is 272 g/mol. The second-order valence-electron chi connectivity index (χ2n) is 4.85. The molecule has 0 atom stereocenters. The van der Waals surface area contributed by atoms with Gasteiger partial charge < -0.3 is 10.3 Å². The highest BCUT2D eigenvalue weighted by atomic mass is 35.5. The van der Waals surface area contributed by atoms with Crippen LogP contribution in [0.15, 0.2) is 30.6 Å². The second kappa shape index (κ2) is 4.80. The van der Waals surface area contributed by atoms with Gasteiger partial charge in [-0.2, -0.15) is 0 Å². The molecule has 0 bridgehead atoms. The summed E-state index contributed by atoms with van der Waals surface area (Å²) in [5.74, 6) is 0.522. The van der Waals surface area contributed by atoms with Gasteiger partial charge in [-0.25, -0.2) is 9.97 Å². The lowest BCUT2D eigenvalue weighted by molar-refractivity contribution is 0.790. The molecule has 0 spiro atoms. The number of rotatable bonds is 2. The van der Waals surface area contributed by atoms with Crippen molar-refractivity contribution in [2.24, 2.45) is 0 Å². The highest BCUT2D eigenvalue weighted by Crippen LogP contribution is 2.28. The van der Waals surface area contributed by atoms with Crippen LogP contribution in [0.25, 0.3) is 11.0 Å². The summed E-state index contributed by atoms with van der Waals surface area (Å²) >= 11 is 6.24. The third-order valence-electron chi connectivity index (χ3n) is 3.72. The van der Waals surface area contributed by atoms with Gasteiger partial charge in [0.15, 0.2) is 0 Å². The largest absolute Gasteiger partial charge is 0.383 e. The summed E-state index contributed by atoms with van der Waals surface area (Å²) in [4.78, 5) is 8.45. The van der Waals surface area contributed by atoms with E-state index in [1.54, 1.807) is 0 Å². The van der Waals surface area contributed by atoms with E-state index >= 15 is 0 Å². The zero-order chi connectivity index (χ0) is 14.3. The summed E-state index contributed by atoms with van der Waals surface area (Å²) in [5.41, 5.74) is 10.1. The second-order valence-corrected chi connectivity index (χ2v) is 5.25. The first-order valence-corrected chi connectivity index (χ1v) is 6.76. The van der Waals surface area contributed by atoms with Gasteiger partial charge in [-0.3, -0.25) is 0 Å². The van der Waals surface area contributed by atoms with Crippen molar-refractivity contribution < 1.29 is 0 Å². The quantitative estimate of drug-likeness (QED) is 0.786. The van der Waals surface area contributed by atoms with Gasteiger partial charge in [0, 0.05) is 10.7 Å². The molecule has 0 aliphatic rings. The number of benzene rings is 1. The Balaban J connectivity index is 2.20. The van der Waals surface area contributed by atoms with E-state index in [2.05, 4.69) is 21.5 Å². The molecule has 2 heterocycles. The van der Waals surface area contributed by atoms with Crippen molar-refractivity contribution in [2.75, 3.05) is 5.73 Å². The molecule has 4 nitrogen and oxygen atoms in total. The van der Waals surface area contributed by atoms with Crippen molar-refractivity contribution in [3.63, 3.8) is 0 Å². The van der Waals surface area contributed by atoms with Crippen LogP contribution in [0, 0.1) is 13.8 Å². The average Bonchev–Trinajstić information content (AvgIpc) is 2.67. The molecule has 2 N–H and O–H groups in total. The normalized spacial score (nSPS) is 11.2. The Morgan fingerprint density at radius 1 is 1.20 bits per heavy atom. The molecule has 1 aromatic carbocycles. The van der Waals surface area contributed by atoms with Crippen molar-refractivity contribution >= 4 is 28.5 Å².